The van der Waals surface area contributed by atoms with Crippen LogP contribution in [0.5, 0.6) is 0 Å². The summed E-state index contributed by atoms with van der Waals surface area (Å²) in [5.41, 5.74) is 2.99. The lowest BCUT2D eigenvalue weighted by Gasteiger charge is -2.07. The van der Waals surface area contributed by atoms with Gasteiger partial charge in [0.1, 0.15) is 5.69 Å². The molecule has 0 spiro atoms. The molecule has 3 rings (SSSR count). The monoisotopic (exact) mass is 298 g/mol. The van der Waals surface area contributed by atoms with E-state index in [1.165, 1.54) is 6.20 Å². The Morgan fingerprint density at radius 3 is 2.71 bits per heavy atom. The molecular formula is C15H11ClN4O. The molecule has 0 aliphatic heterocycles. The van der Waals surface area contributed by atoms with Crippen molar-refractivity contribution < 1.29 is 4.79 Å². The van der Waals surface area contributed by atoms with E-state index in [1.54, 1.807) is 18.3 Å². The zero-order chi connectivity index (χ0) is 14.8. The second-order valence-electron chi connectivity index (χ2n) is 4.55. The van der Waals surface area contributed by atoms with Crippen molar-refractivity contribution in [1.82, 2.24) is 15.0 Å². The summed E-state index contributed by atoms with van der Waals surface area (Å²) >= 11 is 5.96. The van der Waals surface area contributed by atoms with Crippen molar-refractivity contribution in [3.63, 3.8) is 0 Å². The second kappa shape index (κ2) is 5.46. The number of amides is 1. The van der Waals surface area contributed by atoms with Gasteiger partial charge in [-0.3, -0.25) is 9.78 Å². The largest absolute Gasteiger partial charge is 0.318 e. The van der Waals surface area contributed by atoms with Crippen LogP contribution < -0.4 is 5.32 Å². The Labute approximate surface area is 126 Å². The van der Waals surface area contributed by atoms with Gasteiger partial charge in [0.05, 0.1) is 22.9 Å². The summed E-state index contributed by atoms with van der Waals surface area (Å²) < 4.78 is 0. The maximum absolute atomic E-state index is 12.2. The average molecular weight is 299 g/mol. The van der Waals surface area contributed by atoms with E-state index in [1.807, 2.05) is 25.1 Å². The number of nitrogens with zero attached hydrogens (tertiary/aromatic N) is 3. The van der Waals surface area contributed by atoms with Gasteiger partial charge in [0.2, 0.25) is 0 Å². The molecule has 0 fully saturated rings. The number of aromatic nitrogens is 3. The molecule has 3 aromatic rings. The van der Waals surface area contributed by atoms with E-state index >= 15 is 0 Å². The molecule has 2 aromatic heterocycles. The van der Waals surface area contributed by atoms with Crippen LogP contribution in [0.1, 0.15) is 16.1 Å². The Morgan fingerprint density at radius 2 is 1.90 bits per heavy atom. The van der Waals surface area contributed by atoms with Crippen LogP contribution in [0.25, 0.3) is 11.0 Å². The summed E-state index contributed by atoms with van der Waals surface area (Å²) in [6, 6.07) is 9.11. The number of nitrogens with one attached hydrogen (secondary N) is 1. The second-order valence-corrected chi connectivity index (χ2v) is 4.91. The Morgan fingerprint density at radius 1 is 1.14 bits per heavy atom. The molecule has 0 radical (unpaired) electrons. The minimum atomic E-state index is -0.373. The van der Waals surface area contributed by atoms with Gasteiger partial charge in [-0.25, -0.2) is 9.97 Å². The lowest BCUT2D eigenvalue weighted by molar-refractivity contribution is 0.102. The van der Waals surface area contributed by atoms with Crippen LogP contribution >= 0.6 is 11.6 Å². The van der Waals surface area contributed by atoms with E-state index in [0.29, 0.717) is 11.2 Å². The summed E-state index contributed by atoms with van der Waals surface area (Å²) in [7, 11) is 0. The van der Waals surface area contributed by atoms with Gasteiger partial charge < -0.3 is 5.32 Å². The molecule has 0 bridgehead atoms. The first kappa shape index (κ1) is 13.5. The zero-order valence-corrected chi connectivity index (χ0v) is 11.9. The number of carbonyl (C=O) groups is 1. The van der Waals surface area contributed by atoms with Crippen molar-refractivity contribution in [2.45, 2.75) is 6.92 Å². The lowest BCUT2D eigenvalue weighted by Crippen LogP contribution is -2.14. The molecule has 0 atom stereocenters. The highest BCUT2D eigenvalue weighted by molar-refractivity contribution is 6.32. The first-order chi connectivity index (χ1) is 10.1. The van der Waals surface area contributed by atoms with Crippen LogP contribution in [0.3, 0.4) is 0 Å². The molecule has 6 heteroatoms. The third-order valence-corrected chi connectivity index (χ3v) is 3.21. The fraction of sp³-hybridized carbons (Fsp3) is 0.0667. The Kier molecular flexibility index (Phi) is 3.50. The molecule has 1 amide bonds. The predicted molar refractivity (Wildman–Crippen MR) is 81.5 cm³/mol. The van der Waals surface area contributed by atoms with Crippen LogP contribution in [0.2, 0.25) is 5.15 Å². The van der Waals surface area contributed by atoms with Crippen molar-refractivity contribution in [3.8, 4) is 0 Å². The minimum absolute atomic E-state index is 0.228. The smallest absolute Gasteiger partial charge is 0.275 e. The average Bonchev–Trinajstić information content (AvgIpc) is 2.50. The number of hydrogen-bond acceptors (Lipinski definition) is 4. The van der Waals surface area contributed by atoms with E-state index in [2.05, 4.69) is 20.3 Å². The summed E-state index contributed by atoms with van der Waals surface area (Å²) in [5, 5.41) is 2.93. The van der Waals surface area contributed by atoms with Gasteiger partial charge in [0, 0.05) is 6.20 Å². The highest BCUT2D eigenvalue weighted by Gasteiger charge is 2.12. The maximum Gasteiger partial charge on any atom is 0.275 e. The van der Waals surface area contributed by atoms with E-state index in [-0.39, 0.29) is 16.8 Å². The van der Waals surface area contributed by atoms with Gasteiger partial charge in [-0.15, -0.1) is 0 Å². The molecule has 5 nitrogen and oxygen atoms in total. The normalized spacial score (nSPS) is 10.6. The molecule has 0 saturated carbocycles. The Balaban J connectivity index is 1.91. The standard InChI is InChI=1S/C15H11ClN4O/c1-9-6-12(14(16)18-7-9)20-15(21)13-8-17-10-4-2-3-5-11(10)19-13/h2-8H,1H3,(H,20,21). The lowest BCUT2D eigenvalue weighted by atomic mass is 10.2. The number of benzene rings is 1. The third-order valence-electron chi connectivity index (χ3n) is 2.91. The van der Waals surface area contributed by atoms with E-state index < -0.39 is 0 Å². The van der Waals surface area contributed by atoms with Gasteiger partial charge in [-0.05, 0) is 30.7 Å². The number of halogens is 1. The van der Waals surface area contributed by atoms with E-state index in [9.17, 15) is 4.79 Å². The van der Waals surface area contributed by atoms with Crippen molar-refractivity contribution in [3.05, 3.63) is 59.1 Å². The molecule has 1 aromatic carbocycles. The van der Waals surface area contributed by atoms with Crippen LogP contribution in [0.15, 0.2) is 42.7 Å². The molecule has 21 heavy (non-hydrogen) atoms. The molecule has 0 aliphatic carbocycles. The number of rotatable bonds is 2. The maximum atomic E-state index is 12.2. The van der Waals surface area contributed by atoms with Gasteiger partial charge in [0.25, 0.3) is 5.91 Å². The number of pyridine rings is 1. The fourth-order valence-corrected chi connectivity index (χ4v) is 2.04. The summed E-state index contributed by atoms with van der Waals surface area (Å²) in [6.45, 7) is 1.87. The number of fused-ring (bicyclic) bond motifs is 1. The quantitative estimate of drug-likeness (QED) is 0.738. The molecule has 104 valence electrons. The molecule has 0 aliphatic rings. The molecule has 0 unspecified atom stereocenters. The van der Waals surface area contributed by atoms with E-state index in [0.717, 1.165) is 11.1 Å². The summed E-state index contributed by atoms with van der Waals surface area (Å²) in [5.74, 6) is -0.373. The Hall–Kier alpha value is -2.53. The number of anilines is 1. The topological polar surface area (TPSA) is 67.8 Å². The highest BCUT2D eigenvalue weighted by Crippen LogP contribution is 2.20. The van der Waals surface area contributed by atoms with Gasteiger partial charge in [0.15, 0.2) is 5.15 Å². The number of carbonyl (C=O) groups excluding carboxylic acids is 1. The SMILES string of the molecule is Cc1cnc(Cl)c(NC(=O)c2cnc3ccccc3n2)c1. The van der Waals surface area contributed by atoms with E-state index in [4.69, 9.17) is 11.6 Å². The zero-order valence-electron chi connectivity index (χ0n) is 11.2. The van der Waals surface area contributed by atoms with Crippen molar-refractivity contribution in [2.75, 3.05) is 5.32 Å². The van der Waals surface area contributed by atoms with Crippen molar-refractivity contribution in [2.24, 2.45) is 0 Å². The van der Waals surface area contributed by atoms with Gasteiger partial charge in [-0.1, -0.05) is 23.7 Å². The van der Waals surface area contributed by atoms with Crippen LogP contribution in [0, 0.1) is 6.92 Å². The summed E-state index contributed by atoms with van der Waals surface area (Å²) in [6.07, 6.45) is 3.07. The van der Waals surface area contributed by atoms with Gasteiger partial charge >= 0.3 is 0 Å². The Bertz CT molecular complexity index is 835. The van der Waals surface area contributed by atoms with Crippen LogP contribution in [-0.4, -0.2) is 20.9 Å². The molecule has 1 N–H and O–H groups in total. The molecular weight excluding hydrogens is 288 g/mol. The minimum Gasteiger partial charge on any atom is -0.318 e. The number of aryl methyl sites for hydroxylation is 1. The van der Waals surface area contributed by atoms with Crippen LogP contribution in [-0.2, 0) is 0 Å². The predicted octanol–water partition coefficient (Wildman–Crippen LogP) is 3.24. The number of para-hydroxylation sites is 2. The molecule has 0 saturated heterocycles. The van der Waals surface area contributed by atoms with Crippen molar-refractivity contribution in [1.29, 1.82) is 0 Å². The molecule has 2 heterocycles. The fourth-order valence-electron chi connectivity index (χ4n) is 1.89. The first-order valence-corrected chi connectivity index (χ1v) is 6.66. The summed E-state index contributed by atoms with van der Waals surface area (Å²) in [4.78, 5) is 24.7. The number of hydrogen-bond donors (Lipinski definition) is 1. The highest BCUT2D eigenvalue weighted by atomic mass is 35.5. The van der Waals surface area contributed by atoms with Gasteiger partial charge in [-0.2, -0.15) is 0 Å². The first-order valence-electron chi connectivity index (χ1n) is 6.29. The van der Waals surface area contributed by atoms with Crippen molar-refractivity contribution >= 4 is 34.2 Å². The third kappa shape index (κ3) is 2.83. The van der Waals surface area contributed by atoms with Crippen LogP contribution in [0.4, 0.5) is 5.69 Å².